The summed E-state index contributed by atoms with van der Waals surface area (Å²) in [6.07, 6.45) is 28.0. The molecule has 0 aromatic carbocycles. The molecule has 26 heteroatoms. The number of aromatic nitrogens is 15. The van der Waals surface area contributed by atoms with Gasteiger partial charge in [-0.3, -0.25) is 15.0 Å². The van der Waals surface area contributed by atoms with Crippen molar-refractivity contribution in [2.75, 3.05) is 72.5 Å². The number of guanidine groups is 1. The fourth-order valence-electron chi connectivity index (χ4n) is 11.8. The fraction of sp³-hybridized carbons (Fsp3) is 0.568. The molecule has 11 aromatic heterocycles. The minimum absolute atomic E-state index is 0.0307. The van der Waals surface area contributed by atoms with Crippen LogP contribution in [0.5, 0.6) is 0 Å². The van der Waals surface area contributed by atoms with Gasteiger partial charge in [0.1, 0.15) is 48.0 Å². The van der Waals surface area contributed by atoms with Crippen LogP contribution in [-0.2, 0) is 61.2 Å². The number of H-pyrrole nitrogens is 1. The van der Waals surface area contributed by atoms with Crippen molar-refractivity contribution in [3.8, 4) is 0 Å². The molecule has 0 spiro atoms. The second-order valence-corrected chi connectivity index (χ2v) is 53.0. The summed E-state index contributed by atoms with van der Waals surface area (Å²) in [6, 6.07) is 34.9. The lowest BCUT2D eigenvalue weighted by atomic mass is 9.88. The maximum atomic E-state index is 12.4. The first-order chi connectivity index (χ1) is 64.9. The van der Waals surface area contributed by atoms with Gasteiger partial charge in [-0.25, -0.2) is 54.4 Å². The molecular weight excluding hydrogens is 1830 g/mol. The van der Waals surface area contributed by atoms with E-state index < -0.39 is 5.95 Å². The highest BCUT2D eigenvalue weighted by Gasteiger charge is 2.24. The van der Waals surface area contributed by atoms with Crippen LogP contribution in [0.15, 0.2) is 214 Å². The van der Waals surface area contributed by atoms with Crippen LogP contribution in [0.1, 0.15) is 353 Å². The molecule has 0 atom stereocenters. The van der Waals surface area contributed by atoms with Gasteiger partial charge in [-0.1, -0.05) is 344 Å². The van der Waals surface area contributed by atoms with Crippen molar-refractivity contribution in [3.63, 3.8) is 0 Å². The SMILES string of the molecule is CC(C)(C)CN=C(N)N.CC(C)(C)CNc1ncc[nH]1.CC(C)(C)C[N+](C)(C)C.CC(C)(C)c1ccc(Cl)nc1.CC(C)(C)c1ccc(F)nc1.CC(C)(C)c1ccc(N)nc1.CC(C)(C)c1ccc[n+]([O-])c1.CC(C)(C)c1ccccn1.CC(C)(C)c1ccnc(Cl)c1.CC(C)(C)c1ccncn1.CC(C)(C)c1ncncn1.CN(C)CC(C)(C)C.C[n+]1cccc(C(C)(C)C)c1.Cc1ccc(C(C)(C)C)cn1. The molecule has 23 nitrogen and oxygen atoms in total. The number of rotatable bonds is 5. The number of nitrogens with one attached hydrogen (secondary N) is 2. The van der Waals surface area contributed by atoms with Gasteiger partial charge in [0, 0.05) is 137 Å². The number of halogens is 3. The van der Waals surface area contributed by atoms with Crippen molar-refractivity contribution in [1.29, 1.82) is 0 Å². The molecular formula is C118H197Cl2FN22O+2. The average Bonchev–Trinajstić information content (AvgIpc) is 1.26. The van der Waals surface area contributed by atoms with Crippen molar-refractivity contribution >= 4 is 40.9 Å². The Morgan fingerprint density at radius 1 is 0.417 bits per heavy atom. The molecule has 0 aliphatic rings. The molecule has 0 saturated carbocycles. The molecule has 0 radical (unpaired) electrons. The first kappa shape index (κ1) is 138. The molecule has 0 bridgehead atoms. The molecule has 0 aliphatic carbocycles. The van der Waals surface area contributed by atoms with Crippen LogP contribution in [0.2, 0.25) is 10.3 Å². The van der Waals surface area contributed by atoms with E-state index in [4.69, 9.17) is 40.4 Å². The maximum absolute atomic E-state index is 12.4. The summed E-state index contributed by atoms with van der Waals surface area (Å²) in [5.74, 6) is 2.02. The van der Waals surface area contributed by atoms with Gasteiger partial charge in [0.25, 0.3) is 0 Å². The van der Waals surface area contributed by atoms with Crippen LogP contribution < -0.4 is 31.8 Å². The van der Waals surface area contributed by atoms with Crippen LogP contribution in [0.4, 0.5) is 16.2 Å². The highest BCUT2D eigenvalue weighted by Crippen LogP contribution is 2.29. The third-order valence-corrected chi connectivity index (χ3v) is 19.8. The molecule has 0 fully saturated rings. The number of quaternary nitrogens is 1. The van der Waals surface area contributed by atoms with Crippen LogP contribution in [0.25, 0.3) is 0 Å². The molecule has 0 saturated heterocycles. The molecule has 144 heavy (non-hydrogen) atoms. The summed E-state index contributed by atoms with van der Waals surface area (Å²) in [4.78, 5) is 56.9. The van der Waals surface area contributed by atoms with Crippen molar-refractivity contribution < 1.29 is 18.2 Å². The van der Waals surface area contributed by atoms with E-state index in [0.717, 1.165) is 62.3 Å². The Bertz CT molecular complexity index is 4720. The molecule has 0 amide bonds. The molecule has 0 aliphatic heterocycles. The fourth-order valence-corrected chi connectivity index (χ4v) is 12.1. The quantitative estimate of drug-likeness (QED) is 0.0267. The Balaban J connectivity index is -0.00000149. The van der Waals surface area contributed by atoms with Crippen molar-refractivity contribution in [1.82, 2.24) is 69.7 Å². The van der Waals surface area contributed by atoms with E-state index >= 15 is 0 Å². The highest BCUT2D eigenvalue weighted by molar-refractivity contribution is 6.29. The van der Waals surface area contributed by atoms with Gasteiger partial charge in [0.15, 0.2) is 36.7 Å². The number of aryl methyl sites for hydroxylation is 2. The molecule has 0 unspecified atom stereocenters. The summed E-state index contributed by atoms with van der Waals surface area (Å²) in [7, 11) is 12.9. The van der Waals surface area contributed by atoms with Crippen molar-refractivity contribution in [3.05, 3.63) is 292 Å². The first-order valence-corrected chi connectivity index (χ1v) is 50.4. The number of anilines is 2. The summed E-state index contributed by atoms with van der Waals surface area (Å²) in [5.41, 5.74) is 30.3. The van der Waals surface area contributed by atoms with E-state index in [0.29, 0.717) is 38.9 Å². The van der Waals surface area contributed by atoms with Gasteiger partial charge < -0.3 is 42.1 Å². The number of pyridine rings is 8. The number of hydrogen-bond donors (Lipinski definition) is 5. The molecule has 804 valence electrons. The lowest BCUT2D eigenvalue weighted by molar-refractivity contribution is -0.876. The Morgan fingerprint density at radius 2 is 0.868 bits per heavy atom. The van der Waals surface area contributed by atoms with Crippen LogP contribution in [-0.4, -0.2) is 142 Å². The number of nitrogens with zero attached hydrogens (tertiary/aromatic N) is 17. The van der Waals surface area contributed by atoms with Crippen LogP contribution in [0.3, 0.4) is 0 Å². The van der Waals surface area contributed by atoms with E-state index in [1.54, 1.807) is 49.4 Å². The predicted octanol–water partition coefficient (Wildman–Crippen LogP) is 27.5. The summed E-state index contributed by atoms with van der Waals surface area (Å²) >= 11 is 11.4. The predicted molar refractivity (Wildman–Crippen MR) is 613 cm³/mol. The maximum Gasteiger partial charge on any atom is 0.212 e. The molecule has 11 heterocycles. The number of imidazole rings is 1. The van der Waals surface area contributed by atoms with Gasteiger partial charge >= 0.3 is 0 Å². The standard InChI is InChI=1S/C10H15N.C10H16N.2C9H12ClN.C9H12FN.C9H14N2.C9H13NO.C9H13N.C8H15N3.C8H12N2.C8H20N.C7H11N3.C7H17N.C6H15N3/c1-8-5-6-9(7-11-8)10(2,3)4;1-10(2,3)9-6-5-7-11(4)8-9;1-9(2,3)7-4-5-11-8(10)6-7;3*1-9(2,3)7-4-5-8(10)11-6-7;1-9(2,3)8-5-4-6-10(11)7-8;1-9(2,3)8-6-4-5-7-10-8;1-8(2,3)6-11-7-9-4-5-10-7;1-8(2,3)7-4-5-9-6-10-7;1-8(2,3)7-9(4,5)6;1-7(2,3)6-9-4-8-5-10-6;1-7(2,3)6-8(4)5;1-6(2,3)4-9-5(7)8/h5-7H,1-4H3;5-8H,1-4H3;3*4-6H,1-3H3;4-6H,1-3H3,(H2,10,11);4-7H,1-3H3;4-7H,1-3H3;4-5H,6H2,1-3H3,(H2,9,10,11);4-6H,1-3H3;7H2,1-6H3;4-5H,1-3H3;6H2,1-5H3;4H2,1-3H3,(H4,7,8,9)/q;+1;;;;;;;;;+1;;;. The second-order valence-electron chi connectivity index (χ2n) is 52.2. The summed E-state index contributed by atoms with van der Waals surface area (Å²) < 4.78 is 16.3. The minimum atomic E-state index is -0.419. The lowest BCUT2D eigenvalue weighted by Crippen LogP contribution is -2.41. The van der Waals surface area contributed by atoms with Crippen molar-refractivity contribution in [2.45, 2.75) is 352 Å². The molecule has 11 aromatic rings. The zero-order valence-corrected chi connectivity index (χ0v) is 100. The topological polar surface area (TPSA) is 307 Å². The largest absolute Gasteiger partial charge is 0.619 e. The van der Waals surface area contributed by atoms with Gasteiger partial charge in [0.2, 0.25) is 5.95 Å². The molecule has 8 N–H and O–H groups in total. The second kappa shape index (κ2) is 61.9. The average molecular weight is 2030 g/mol. The number of aromatic amines is 1. The lowest BCUT2D eigenvalue weighted by Gasteiger charge is -2.31. The highest BCUT2D eigenvalue weighted by atomic mass is 35.5. The number of hydrogen-bond acceptors (Lipinski definition) is 17. The van der Waals surface area contributed by atoms with Gasteiger partial charge in [-0.15, -0.1) is 0 Å². The summed E-state index contributed by atoms with van der Waals surface area (Å²) in [6.45, 7) is 96.6. The first-order valence-electron chi connectivity index (χ1n) is 49.6. The van der Waals surface area contributed by atoms with E-state index in [-0.39, 0.29) is 65.5 Å². The van der Waals surface area contributed by atoms with E-state index in [1.807, 2.05) is 98.6 Å². The smallest absolute Gasteiger partial charge is 0.212 e. The monoisotopic (exact) mass is 2030 g/mol. The van der Waals surface area contributed by atoms with Gasteiger partial charge in [-0.2, -0.15) is 9.12 Å². The Morgan fingerprint density at radius 3 is 1.14 bits per heavy atom. The van der Waals surface area contributed by atoms with Crippen LogP contribution >= 0.6 is 23.2 Å². The normalized spacial score (nSPS) is 11.8. The van der Waals surface area contributed by atoms with Gasteiger partial charge in [-0.05, 0) is 170 Å². The summed E-state index contributed by atoms with van der Waals surface area (Å²) in [5, 5.41) is 15.2. The van der Waals surface area contributed by atoms with Gasteiger partial charge in [0.05, 0.1) is 27.7 Å². The minimum Gasteiger partial charge on any atom is -0.619 e. The van der Waals surface area contributed by atoms with Crippen molar-refractivity contribution in [2.24, 2.45) is 45.2 Å². The Hall–Kier alpha value is -10.4. The number of nitrogen functional groups attached to an aromatic ring is 1. The number of aliphatic imine (C=N–C) groups is 1. The third-order valence-electron chi connectivity index (χ3n) is 19.4. The van der Waals surface area contributed by atoms with Crippen LogP contribution in [0, 0.1) is 39.7 Å². The van der Waals surface area contributed by atoms with E-state index in [1.165, 1.54) is 59.3 Å². The Kier molecular flexibility index (Phi) is 59.2. The third kappa shape index (κ3) is 74.5. The number of nitrogens with two attached hydrogens (primary N) is 3. The Labute approximate surface area is 884 Å². The zero-order valence-electron chi connectivity index (χ0n) is 98.8. The van der Waals surface area contributed by atoms with E-state index in [2.05, 4.69) is 460 Å². The zero-order chi connectivity index (χ0) is 113. The molecule has 11 rings (SSSR count). The van der Waals surface area contributed by atoms with E-state index in [9.17, 15) is 9.60 Å².